The van der Waals surface area contributed by atoms with Gasteiger partial charge in [0.2, 0.25) is 0 Å². The van der Waals surface area contributed by atoms with Gasteiger partial charge in [0.15, 0.2) is 15.8 Å². The Hall–Kier alpha value is -3.93. The minimum absolute atomic E-state index is 0.00284. The highest BCUT2D eigenvalue weighted by Gasteiger charge is 2.33. The van der Waals surface area contributed by atoms with Crippen LogP contribution < -0.4 is 14.9 Å². The molecule has 9 nitrogen and oxygen atoms in total. The van der Waals surface area contributed by atoms with Crippen LogP contribution in [0, 0.1) is 10.1 Å². The monoisotopic (exact) mass is 569 g/mol. The Bertz CT molecular complexity index is 1430. The Morgan fingerprint density at radius 1 is 1.11 bits per heavy atom. The van der Waals surface area contributed by atoms with Crippen molar-refractivity contribution in [2.45, 2.75) is 13.5 Å². The molecule has 3 aromatic rings. The number of ether oxygens (including phenoxy) is 2. The first kappa shape index (κ1) is 27.1. The fourth-order valence-corrected chi connectivity index (χ4v) is 4.67. The fourth-order valence-electron chi connectivity index (χ4n) is 3.36. The molecule has 0 aliphatic carbocycles. The lowest BCUT2D eigenvalue weighted by Gasteiger charge is -2.15. The summed E-state index contributed by atoms with van der Waals surface area (Å²) in [6, 6.07) is 17.5. The molecule has 0 saturated carbocycles. The molecule has 1 saturated heterocycles. The van der Waals surface area contributed by atoms with Crippen LogP contribution in [0.1, 0.15) is 28.4 Å². The summed E-state index contributed by atoms with van der Waals surface area (Å²) in [5.74, 6) is -0.00838. The zero-order chi connectivity index (χ0) is 27.2. The summed E-state index contributed by atoms with van der Waals surface area (Å²) in [4.78, 5) is 36.2. The lowest BCUT2D eigenvalue weighted by Crippen LogP contribution is -2.44. The van der Waals surface area contributed by atoms with Crippen LogP contribution >= 0.6 is 35.6 Å². The third kappa shape index (κ3) is 6.49. The number of carbonyl (C=O) groups excluding carboxylic acids is 2. The number of halogens is 1. The summed E-state index contributed by atoms with van der Waals surface area (Å²) in [6.07, 6.45) is 1.65. The van der Waals surface area contributed by atoms with Crippen LogP contribution in [0.25, 0.3) is 6.08 Å². The summed E-state index contributed by atoms with van der Waals surface area (Å²) in [7, 11) is 0. The van der Waals surface area contributed by atoms with Crippen molar-refractivity contribution < 1.29 is 24.0 Å². The molecule has 1 aliphatic rings. The number of carbonyl (C=O) groups is 2. The third-order valence-electron chi connectivity index (χ3n) is 5.22. The van der Waals surface area contributed by atoms with Gasteiger partial charge in [0.1, 0.15) is 6.61 Å². The van der Waals surface area contributed by atoms with Crippen molar-refractivity contribution in [3.8, 4) is 11.5 Å². The van der Waals surface area contributed by atoms with E-state index < -0.39 is 16.7 Å². The minimum Gasteiger partial charge on any atom is -0.490 e. The Balaban J connectivity index is 1.46. The van der Waals surface area contributed by atoms with E-state index in [2.05, 4.69) is 5.43 Å². The Morgan fingerprint density at radius 3 is 2.47 bits per heavy atom. The van der Waals surface area contributed by atoms with Crippen molar-refractivity contribution in [1.29, 1.82) is 0 Å². The lowest BCUT2D eigenvalue weighted by atomic mass is 10.1. The summed E-state index contributed by atoms with van der Waals surface area (Å²) in [6.45, 7) is 2.40. The number of nitrogens with one attached hydrogen (secondary N) is 1. The number of hydrazine groups is 1. The van der Waals surface area contributed by atoms with Crippen molar-refractivity contribution in [3.05, 3.63) is 103 Å². The molecule has 12 heteroatoms. The quantitative estimate of drug-likeness (QED) is 0.150. The van der Waals surface area contributed by atoms with Crippen LogP contribution in [-0.4, -0.2) is 32.7 Å². The molecule has 0 spiro atoms. The molecule has 3 aromatic carbocycles. The minimum atomic E-state index is -0.493. The third-order valence-corrected chi connectivity index (χ3v) is 6.77. The largest absolute Gasteiger partial charge is 0.490 e. The molecule has 0 atom stereocenters. The molecule has 194 valence electrons. The predicted octanol–water partition coefficient (Wildman–Crippen LogP) is 5.77. The number of benzene rings is 3. The summed E-state index contributed by atoms with van der Waals surface area (Å²) in [5, 5.41) is 12.4. The molecule has 1 aliphatic heterocycles. The van der Waals surface area contributed by atoms with Gasteiger partial charge in [0.05, 0.1) is 16.4 Å². The Kier molecular flexibility index (Phi) is 8.62. The van der Waals surface area contributed by atoms with Crippen molar-refractivity contribution in [2.75, 3.05) is 6.61 Å². The first-order chi connectivity index (χ1) is 18.2. The Morgan fingerprint density at radius 2 is 1.82 bits per heavy atom. The van der Waals surface area contributed by atoms with E-state index in [0.29, 0.717) is 39.2 Å². The number of non-ortho nitro benzene ring substituents is 1. The smallest absolute Gasteiger partial charge is 0.285 e. The van der Waals surface area contributed by atoms with Crippen LogP contribution in [0.5, 0.6) is 11.5 Å². The van der Waals surface area contributed by atoms with Gasteiger partial charge >= 0.3 is 0 Å². The molecule has 0 aromatic heterocycles. The molecule has 2 amide bonds. The van der Waals surface area contributed by atoms with Gasteiger partial charge in [-0.15, -0.1) is 0 Å². The molecule has 1 heterocycles. The maximum Gasteiger partial charge on any atom is 0.285 e. The van der Waals surface area contributed by atoms with Crippen molar-refractivity contribution >= 4 is 63.5 Å². The van der Waals surface area contributed by atoms with E-state index in [0.717, 1.165) is 22.3 Å². The van der Waals surface area contributed by atoms with Gasteiger partial charge in [0, 0.05) is 22.7 Å². The average Bonchev–Trinajstić information content (AvgIpc) is 3.16. The molecule has 1 fully saturated rings. The average molecular weight is 570 g/mol. The number of amides is 2. The second-order valence-electron chi connectivity index (χ2n) is 7.82. The molecule has 1 N–H and O–H groups in total. The van der Waals surface area contributed by atoms with E-state index in [4.69, 9.17) is 33.3 Å². The summed E-state index contributed by atoms with van der Waals surface area (Å²) in [5.41, 5.74) is 4.29. The topological polar surface area (TPSA) is 111 Å². The number of thioether (sulfide) groups is 1. The maximum absolute atomic E-state index is 13.0. The van der Waals surface area contributed by atoms with Gasteiger partial charge in [-0.05, 0) is 84.9 Å². The number of rotatable bonds is 9. The van der Waals surface area contributed by atoms with E-state index in [1.165, 1.54) is 12.1 Å². The van der Waals surface area contributed by atoms with Gasteiger partial charge in [-0.3, -0.25) is 25.1 Å². The van der Waals surface area contributed by atoms with Crippen LogP contribution in [0.2, 0.25) is 5.02 Å². The second kappa shape index (κ2) is 12.1. The molecule has 0 unspecified atom stereocenters. The number of nitrogens with zero attached hydrogens (tertiary/aromatic N) is 2. The van der Waals surface area contributed by atoms with Gasteiger partial charge < -0.3 is 9.47 Å². The highest BCUT2D eigenvalue weighted by molar-refractivity contribution is 8.26. The summed E-state index contributed by atoms with van der Waals surface area (Å²) >= 11 is 12.2. The maximum atomic E-state index is 13.0. The van der Waals surface area contributed by atoms with Crippen LogP contribution in [0.15, 0.2) is 71.6 Å². The first-order valence-electron chi connectivity index (χ1n) is 11.2. The fraction of sp³-hybridized carbons (Fsp3) is 0.115. The summed E-state index contributed by atoms with van der Waals surface area (Å²) < 4.78 is 11.8. The zero-order valence-corrected chi connectivity index (χ0v) is 22.3. The van der Waals surface area contributed by atoms with E-state index in [1.54, 1.807) is 60.7 Å². The number of hydrogen-bond donors (Lipinski definition) is 1. The van der Waals surface area contributed by atoms with E-state index >= 15 is 0 Å². The number of nitro benzene ring substituents is 1. The van der Waals surface area contributed by atoms with Crippen molar-refractivity contribution in [2.24, 2.45) is 0 Å². The normalized spacial score (nSPS) is 14.1. The van der Waals surface area contributed by atoms with E-state index in [9.17, 15) is 19.7 Å². The number of thiocarbonyl (C=S) groups is 1. The van der Waals surface area contributed by atoms with Crippen LogP contribution in [0.3, 0.4) is 0 Å². The highest BCUT2D eigenvalue weighted by atomic mass is 35.5. The standard InChI is InChI=1S/C26H20ClN3O6S2/c1-2-35-22-13-17(5-12-21(22)36-15-16-3-10-20(11-4-16)30(33)34)14-23-25(32)29(26(37)38-23)28-24(31)18-6-8-19(27)9-7-18/h3-14H,2,15H2,1H3,(H,28,31)/b23-14+. The van der Waals surface area contributed by atoms with Gasteiger partial charge in [-0.25, -0.2) is 0 Å². The van der Waals surface area contributed by atoms with Crippen LogP contribution in [0.4, 0.5) is 5.69 Å². The predicted molar refractivity (Wildman–Crippen MR) is 149 cm³/mol. The molecule has 38 heavy (non-hydrogen) atoms. The Labute approximate surface area is 232 Å². The number of hydrogen-bond acceptors (Lipinski definition) is 8. The molecular formula is C26H20ClN3O6S2. The first-order valence-corrected chi connectivity index (χ1v) is 12.8. The van der Waals surface area contributed by atoms with E-state index in [-0.39, 0.29) is 16.6 Å². The van der Waals surface area contributed by atoms with Crippen molar-refractivity contribution in [3.63, 3.8) is 0 Å². The molecule has 0 radical (unpaired) electrons. The number of nitro groups is 1. The van der Waals surface area contributed by atoms with E-state index in [1.807, 2.05) is 6.92 Å². The molecule has 4 rings (SSSR count). The second-order valence-corrected chi connectivity index (χ2v) is 9.93. The molecular weight excluding hydrogens is 550 g/mol. The van der Waals surface area contributed by atoms with Crippen molar-refractivity contribution in [1.82, 2.24) is 10.4 Å². The molecule has 0 bridgehead atoms. The lowest BCUT2D eigenvalue weighted by molar-refractivity contribution is -0.384. The van der Waals surface area contributed by atoms with Crippen LogP contribution in [-0.2, 0) is 11.4 Å². The highest BCUT2D eigenvalue weighted by Crippen LogP contribution is 2.34. The van der Waals surface area contributed by atoms with Gasteiger partial charge in [-0.1, -0.05) is 29.4 Å². The SMILES string of the molecule is CCOc1cc(/C=C2/SC(=S)N(NC(=O)c3ccc(Cl)cc3)C2=O)ccc1OCc1ccc([N+](=O)[O-])cc1. The van der Waals surface area contributed by atoms with Gasteiger partial charge in [-0.2, -0.15) is 5.01 Å². The van der Waals surface area contributed by atoms with Gasteiger partial charge in [0.25, 0.3) is 17.5 Å². The zero-order valence-electron chi connectivity index (χ0n) is 19.9.